The zero-order valence-corrected chi connectivity index (χ0v) is 10.8. The molecule has 0 bridgehead atoms. The van der Waals surface area contributed by atoms with E-state index in [4.69, 9.17) is 5.73 Å². The maximum atomic E-state index is 5.59. The smallest absolute Gasteiger partial charge is 0.00952 e. The zero-order valence-electron chi connectivity index (χ0n) is 10.8. The molecule has 1 rings (SSSR count). The van der Waals surface area contributed by atoms with E-state index in [9.17, 15) is 0 Å². The Labute approximate surface area is 95.2 Å². The highest BCUT2D eigenvalue weighted by Gasteiger charge is 2.25. The van der Waals surface area contributed by atoms with E-state index >= 15 is 0 Å². The lowest BCUT2D eigenvalue weighted by Gasteiger charge is -2.39. The van der Waals surface area contributed by atoms with Gasteiger partial charge in [0.1, 0.15) is 0 Å². The van der Waals surface area contributed by atoms with E-state index in [2.05, 4.69) is 25.7 Å². The molecule has 0 aliphatic heterocycles. The van der Waals surface area contributed by atoms with Gasteiger partial charge in [-0.05, 0) is 50.7 Å². The van der Waals surface area contributed by atoms with Gasteiger partial charge in [-0.3, -0.25) is 0 Å². The first kappa shape index (κ1) is 13.0. The van der Waals surface area contributed by atoms with Gasteiger partial charge in [0.2, 0.25) is 0 Å². The van der Waals surface area contributed by atoms with Crippen molar-refractivity contribution in [3.05, 3.63) is 0 Å². The van der Waals surface area contributed by atoms with Crippen molar-refractivity contribution in [1.82, 2.24) is 4.90 Å². The van der Waals surface area contributed by atoms with E-state index in [0.29, 0.717) is 5.41 Å². The van der Waals surface area contributed by atoms with Crippen molar-refractivity contribution in [3.8, 4) is 0 Å². The molecular formula is C13H28N2. The van der Waals surface area contributed by atoms with Gasteiger partial charge in [0.25, 0.3) is 0 Å². The van der Waals surface area contributed by atoms with Crippen molar-refractivity contribution < 1.29 is 0 Å². The molecular weight excluding hydrogens is 184 g/mol. The third kappa shape index (κ3) is 4.98. The molecule has 2 heteroatoms. The molecule has 1 saturated carbocycles. The highest BCUT2D eigenvalue weighted by Crippen LogP contribution is 2.27. The Morgan fingerprint density at radius 1 is 1.20 bits per heavy atom. The Morgan fingerprint density at radius 3 is 2.27 bits per heavy atom. The number of rotatable bonds is 6. The minimum Gasteiger partial charge on any atom is -0.330 e. The van der Waals surface area contributed by atoms with Crippen LogP contribution in [0.4, 0.5) is 0 Å². The van der Waals surface area contributed by atoms with E-state index in [0.717, 1.165) is 19.0 Å². The van der Waals surface area contributed by atoms with Crippen LogP contribution in [0.3, 0.4) is 0 Å². The summed E-state index contributed by atoms with van der Waals surface area (Å²) in [5.41, 5.74) is 6.05. The normalized spacial score (nSPS) is 18.2. The Hall–Kier alpha value is -0.0800. The average Bonchev–Trinajstić information content (AvgIpc) is 2.05. The van der Waals surface area contributed by atoms with Crippen LogP contribution in [0.5, 0.6) is 0 Å². The number of hydrogen-bond acceptors (Lipinski definition) is 2. The fourth-order valence-electron chi connectivity index (χ4n) is 2.00. The van der Waals surface area contributed by atoms with Gasteiger partial charge in [-0.25, -0.2) is 0 Å². The third-order valence-corrected chi connectivity index (χ3v) is 3.39. The van der Waals surface area contributed by atoms with Crippen LogP contribution in [0.15, 0.2) is 0 Å². The first-order chi connectivity index (χ1) is 7.03. The van der Waals surface area contributed by atoms with Crippen molar-refractivity contribution in [2.24, 2.45) is 11.1 Å². The molecule has 0 aromatic carbocycles. The summed E-state index contributed by atoms with van der Waals surface area (Å²) in [6.07, 6.45) is 6.71. The van der Waals surface area contributed by atoms with E-state index in [1.54, 1.807) is 0 Å². The van der Waals surface area contributed by atoms with Crippen LogP contribution in [-0.4, -0.2) is 30.6 Å². The van der Waals surface area contributed by atoms with Crippen molar-refractivity contribution in [2.45, 2.75) is 58.9 Å². The van der Waals surface area contributed by atoms with Crippen LogP contribution >= 0.6 is 0 Å². The van der Waals surface area contributed by atoms with Gasteiger partial charge < -0.3 is 10.6 Å². The number of nitrogens with two attached hydrogens (primary N) is 1. The van der Waals surface area contributed by atoms with Crippen LogP contribution in [0, 0.1) is 5.41 Å². The Morgan fingerprint density at radius 2 is 1.87 bits per heavy atom. The summed E-state index contributed by atoms with van der Waals surface area (Å²) < 4.78 is 0. The molecule has 1 fully saturated rings. The number of hydrogen-bond donors (Lipinski definition) is 1. The summed E-state index contributed by atoms with van der Waals surface area (Å²) >= 11 is 0. The molecule has 1 aliphatic rings. The van der Waals surface area contributed by atoms with Crippen LogP contribution in [-0.2, 0) is 0 Å². The van der Waals surface area contributed by atoms with E-state index in [1.807, 2.05) is 0 Å². The molecule has 15 heavy (non-hydrogen) atoms. The first-order valence-electron chi connectivity index (χ1n) is 6.47. The topological polar surface area (TPSA) is 29.3 Å². The standard InChI is InChI=1S/C13H28N2/c1-13(2,3)8-11-15(10-5-9-14)12-6-4-7-12/h12H,4-11,14H2,1-3H3. The highest BCUT2D eigenvalue weighted by atomic mass is 15.2. The van der Waals surface area contributed by atoms with Gasteiger partial charge in [0.15, 0.2) is 0 Å². The minimum atomic E-state index is 0.463. The largest absolute Gasteiger partial charge is 0.330 e. The fourth-order valence-corrected chi connectivity index (χ4v) is 2.00. The van der Waals surface area contributed by atoms with Crippen molar-refractivity contribution in [2.75, 3.05) is 19.6 Å². The monoisotopic (exact) mass is 212 g/mol. The summed E-state index contributed by atoms with van der Waals surface area (Å²) in [5.74, 6) is 0. The first-order valence-corrected chi connectivity index (χ1v) is 6.47. The second kappa shape index (κ2) is 5.86. The molecule has 1 aliphatic carbocycles. The quantitative estimate of drug-likeness (QED) is 0.733. The van der Waals surface area contributed by atoms with Gasteiger partial charge in [-0.1, -0.05) is 27.2 Å². The van der Waals surface area contributed by atoms with Crippen LogP contribution in [0.2, 0.25) is 0 Å². The predicted molar refractivity (Wildman–Crippen MR) is 67.0 cm³/mol. The maximum absolute atomic E-state index is 5.59. The Balaban J connectivity index is 2.28. The van der Waals surface area contributed by atoms with Crippen LogP contribution in [0.25, 0.3) is 0 Å². The second-order valence-electron chi connectivity index (χ2n) is 6.07. The minimum absolute atomic E-state index is 0.463. The summed E-state index contributed by atoms with van der Waals surface area (Å²) in [5, 5.41) is 0. The predicted octanol–water partition coefficient (Wildman–Crippen LogP) is 2.63. The summed E-state index contributed by atoms with van der Waals surface area (Å²) in [7, 11) is 0. The summed E-state index contributed by atoms with van der Waals surface area (Å²) in [6, 6.07) is 0.874. The molecule has 2 nitrogen and oxygen atoms in total. The Bertz CT molecular complexity index is 168. The van der Waals surface area contributed by atoms with Gasteiger partial charge >= 0.3 is 0 Å². The fraction of sp³-hybridized carbons (Fsp3) is 1.00. The molecule has 0 spiro atoms. The highest BCUT2D eigenvalue weighted by molar-refractivity contribution is 4.81. The Kier molecular flexibility index (Phi) is 5.07. The van der Waals surface area contributed by atoms with Gasteiger partial charge in [0, 0.05) is 6.04 Å². The molecule has 0 heterocycles. The lowest BCUT2D eigenvalue weighted by Crippen LogP contribution is -2.42. The SMILES string of the molecule is CC(C)(C)CCN(CCCN)C1CCC1. The van der Waals surface area contributed by atoms with E-state index in [1.165, 1.54) is 38.8 Å². The summed E-state index contributed by atoms with van der Waals surface area (Å²) in [4.78, 5) is 2.67. The van der Waals surface area contributed by atoms with Gasteiger partial charge in [-0.2, -0.15) is 0 Å². The van der Waals surface area contributed by atoms with E-state index < -0.39 is 0 Å². The molecule has 0 radical (unpaired) electrons. The second-order valence-corrected chi connectivity index (χ2v) is 6.07. The van der Waals surface area contributed by atoms with Gasteiger partial charge in [-0.15, -0.1) is 0 Å². The molecule has 0 amide bonds. The lowest BCUT2D eigenvalue weighted by atomic mass is 9.88. The molecule has 2 N–H and O–H groups in total. The number of nitrogens with zero attached hydrogens (tertiary/aromatic N) is 1. The molecule has 0 aromatic heterocycles. The molecule has 0 atom stereocenters. The molecule has 90 valence electrons. The molecule has 0 saturated heterocycles. The average molecular weight is 212 g/mol. The van der Waals surface area contributed by atoms with Gasteiger partial charge in [0.05, 0.1) is 0 Å². The van der Waals surface area contributed by atoms with E-state index in [-0.39, 0.29) is 0 Å². The third-order valence-electron chi connectivity index (χ3n) is 3.39. The maximum Gasteiger partial charge on any atom is 0.00952 e. The lowest BCUT2D eigenvalue weighted by molar-refractivity contribution is 0.111. The van der Waals surface area contributed by atoms with Crippen LogP contribution < -0.4 is 5.73 Å². The van der Waals surface area contributed by atoms with Crippen LogP contribution in [0.1, 0.15) is 52.9 Å². The summed E-state index contributed by atoms with van der Waals surface area (Å²) in [6.45, 7) is 10.3. The molecule has 0 unspecified atom stereocenters. The zero-order chi connectivity index (χ0) is 11.3. The van der Waals surface area contributed by atoms with Crippen molar-refractivity contribution in [1.29, 1.82) is 0 Å². The van der Waals surface area contributed by atoms with Crippen molar-refractivity contribution in [3.63, 3.8) is 0 Å². The molecule has 0 aromatic rings. The van der Waals surface area contributed by atoms with Crippen molar-refractivity contribution >= 4 is 0 Å².